The molecule has 3 unspecified atom stereocenters. The lowest BCUT2D eigenvalue weighted by Gasteiger charge is -2.20. The van der Waals surface area contributed by atoms with Crippen molar-refractivity contribution in [1.82, 2.24) is 0 Å². The van der Waals surface area contributed by atoms with Gasteiger partial charge in [-0.25, -0.2) is 4.57 Å². The lowest BCUT2D eigenvalue weighted by atomic mass is 10.1. The number of hydrogen-bond acceptors (Lipinski definition) is 8. The van der Waals surface area contributed by atoms with Crippen LogP contribution >= 0.6 is 7.82 Å². The number of aliphatic hydroxyl groups is 2. The fraction of sp³-hybridized carbons (Fsp3) is 0.738. The van der Waals surface area contributed by atoms with E-state index in [1.807, 2.05) is 0 Å². The Balaban J connectivity index is 4.24. The summed E-state index contributed by atoms with van der Waals surface area (Å²) in [6, 6.07) is 0. The molecule has 0 aliphatic heterocycles. The lowest BCUT2D eigenvalue weighted by molar-refractivity contribution is -0.154. The highest BCUT2D eigenvalue weighted by molar-refractivity contribution is 7.47. The molecule has 0 radical (unpaired) electrons. The molecule has 52 heavy (non-hydrogen) atoms. The molecule has 0 saturated carbocycles. The number of carbonyl (C=O) groups excluding carboxylic acids is 1. The Labute approximate surface area is 317 Å². The third kappa shape index (κ3) is 37.9. The first-order valence-electron chi connectivity index (χ1n) is 20.3. The summed E-state index contributed by atoms with van der Waals surface area (Å²) < 4.78 is 33.3. The Kier molecular flexibility index (Phi) is 37.5. The van der Waals surface area contributed by atoms with E-state index in [-0.39, 0.29) is 19.6 Å². The predicted octanol–water partition coefficient (Wildman–Crippen LogP) is 10.8. The SMILES string of the molecule is CC/C=C\C/C=C\C/C=C\CCCCCCCCCC(=O)OC(COCCCCCCCC/C=C\C/C=C\CCC)COP(=O)(O)OCC(O)CO. The van der Waals surface area contributed by atoms with Gasteiger partial charge in [-0.3, -0.25) is 13.8 Å². The molecule has 0 saturated heterocycles. The number of hydrogen-bond donors (Lipinski definition) is 3. The van der Waals surface area contributed by atoms with E-state index in [2.05, 4.69) is 74.6 Å². The third-order valence-electron chi connectivity index (χ3n) is 8.17. The van der Waals surface area contributed by atoms with E-state index in [9.17, 15) is 19.4 Å². The maximum Gasteiger partial charge on any atom is 0.472 e. The van der Waals surface area contributed by atoms with Crippen molar-refractivity contribution in [2.45, 2.75) is 167 Å². The molecule has 3 N–H and O–H groups in total. The Morgan fingerprint density at radius 2 is 1.10 bits per heavy atom. The summed E-state index contributed by atoms with van der Waals surface area (Å²) in [4.78, 5) is 22.5. The fourth-order valence-electron chi connectivity index (χ4n) is 5.11. The first-order chi connectivity index (χ1) is 25.3. The van der Waals surface area contributed by atoms with E-state index in [1.54, 1.807) is 0 Å². The number of rotatable bonds is 38. The van der Waals surface area contributed by atoms with E-state index >= 15 is 0 Å². The van der Waals surface area contributed by atoms with Crippen molar-refractivity contribution >= 4 is 13.8 Å². The van der Waals surface area contributed by atoms with E-state index in [1.165, 1.54) is 44.9 Å². The van der Waals surface area contributed by atoms with Crippen LogP contribution in [0.25, 0.3) is 0 Å². The van der Waals surface area contributed by atoms with Crippen LogP contribution in [0.15, 0.2) is 60.8 Å². The van der Waals surface area contributed by atoms with Crippen molar-refractivity contribution in [2.75, 3.05) is 33.0 Å². The minimum absolute atomic E-state index is 0.0352. The molecule has 9 nitrogen and oxygen atoms in total. The van der Waals surface area contributed by atoms with Crippen molar-refractivity contribution in [2.24, 2.45) is 0 Å². The highest BCUT2D eigenvalue weighted by Crippen LogP contribution is 2.43. The summed E-state index contributed by atoms with van der Waals surface area (Å²) >= 11 is 0. The normalized spacial score (nSPS) is 14.8. The minimum atomic E-state index is -4.52. The van der Waals surface area contributed by atoms with Gasteiger partial charge in [-0.1, -0.05) is 139 Å². The number of ether oxygens (including phenoxy) is 2. The summed E-state index contributed by atoms with van der Waals surface area (Å²) in [6.07, 6.45) is 43.1. The molecule has 0 amide bonds. The van der Waals surface area contributed by atoms with Gasteiger partial charge in [-0.05, 0) is 70.6 Å². The maximum atomic E-state index is 12.6. The van der Waals surface area contributed by atoms with Crippen LogP contribution in [0.4, 0.5) is 0 Å². The zero-order valence-electron chi connectivity index (χ0n) is 32.8. The van der Waals surface area contributed by atoms with Crippen LogP contribution in [0.3, 0.4) is 0 Å². The molecule has 0 aromatic heterocycles. The summed E-state index contributed by atoms with van der Waals surface area (Å²) in [5, 5.41) is 18.3. The number of phosphoric ester groups is 1. The average molecular weight is 755 g/mol. The number of aliphatic hydroxyl groups excluding tert-OH is 2. The van der Waals surface area contributed by atoms with Gasteiger partial charge >= 0.3 is 13.8 Å². The molecule has 3 atom stereocenters. The maximum absolute atomic E-state index is 12.6. The molecule has 0 aromatic rings. The van der Waals surface area contributed by atoms with E-state index < -0.39 is 39.2 Å². The molecule has 10 heteroatoms. The van der Waals surface area contributed by atoms with Crippen LogP contribution in [-0.2, 0) is 27.9 Å². The Morgan fingerprint density at radius 1 is 0.615 bits per heavy atom. The van der Waals surface area contributed by atoms with E-state index in [4.69, 9.17) is 23.6 Å². The van der Waals surface area contributed by atoms with Gasteiger partial charge < -0.3 is 24.6 Å². The summed E-state index contributed by atoms with van der Waals surface area (Å²) in [7, 11) is -4.52. The smallest absolute Gasteiger partial charge is 0.457 e. The van der Waals surface area contributed by atoms with Gasteiger partial charge in [-0.2, -0.15) is 0 Å². The zero-order valence-corrected chi connectivity index (χ0v) is 33.7. The molecule has 0 bridgehead atoms. The van der Waals surface area contributed by atoms with Gasteiger partial charge in [-0.15, -0.1) is 0 Å². The van der Waals surface area contributed by atoms with Crippen LogP contribution in [0.5, 0.6) is 0 Å². The lowest BCUT2D eigenvalue weighted by Crippen LogP contribution is -2.29. The number of carbonyl (C=O) groups is 1. The van der Waals surface area contributed by atoms with E-state index in [0.29, 0.717) is 13.0 Å². The van der Waals surface area contributed by atoms with Crippen LogP contribution in [0, 0.1) is 0 Å². The number of unbranched alkanes of at least 4 members (excludes halogenated alkanes) is 14. The first kappa shape index (κ1) is 50.2. The second-order valence-electron chi connectivity index (χ2n) is 13.3. The van der Waals surface area contributed by atoms with Crippen molar-refractivity contribution in [3.63, 3.8) is 0 Å². The summed E-state index contributed by atoms with van der Waals surface area (Å²) in [5.41, 5.74) is 0. The van der Waals surface area contributed by atoms with Crippen molar-refractivity contribution in [1.29, 1.82) is 0 Å². The zero-order chi connectivity index (χ0) is 38.2. The molecule has 0 aliphatic rings. The second kappa shape index (κ2) is 38.9. The van der Waals surface area contributed by atoms with Gasteiger partial charge in [0.05, 0.1) is 26.4 Å². The van der Waals surface area contributed by atoms with E-state index in [0.717, 1.165) is 83.5 Å². The van der Waals surface area contributed by atoms with Crippen molar-refractivity contribution < 1.29 is 43.0 Å². The molecule has 0 aliphatic carbocycles. The van der Waals surface area contributed by atoms with Crippen LogP contribution in [-0.4, -0.2) is 66.3 Å². The molecule has 0 aromatic carbocycles. The fourth-order valence-corrected chi connectivity index (χ4v) is 5.90. The summed E-state index contributed by atoms with van der Waals surface area (Å²) in [6.45, 7) is 3.29. The number of esters is 1. The first-order valence-corrected chi connectivity index (χ1v) is 21.8. The number of phosphoric acid groups is 1. The van der Waals surface area contributed by atoms with Gasteiger partial charge in [0.25, 0.3) is 0 Å². The highest BCUT2D eigenvalue weighted by atomic mass is 31.2. The van der Waals surface area contributed by atoms with Crippen LogP contribution in [0.1, 0.15) is 155 Å². The molecule has 302 valence electrons. The quantitative estimate of drug-likeness (QED) is 0.0244. The Bertz CT molecular complexity index is 992. The van der Waals surface area contributed by atoms with Gasteiger partial charge in [0.15, 0.2) is 0 Å². The van der Waals surface area contributed by atoms with Gasteiger partial charge in [0, 0.05) is 13.0 Å². The standard InChI is InChI=1S/C42H75O9P/c1-3-5-7-9-11-13-15-17-19-20-21-22-24-26-28-30-32-34-42(45)51-41(39-50-52(46,47)49-37-40(44)36-43)38-48-35-33-31-29-27-25-23-18-16-14-12-10-8-6-4-2/h5,7-8,10-11,13-14,16-17,19,40-41,43-44H,3-4,6,9,12,15,18,20-39H2,1-2H3,(H,46,47)/b7-5-,10-8-,13-11-,16-14-,19-17-. The minimum Gasteiger partial charge on any atom is -0.457 e. The summed E-state index contributed by atoms with van der Waals surface area (Å²) in [5.74, 6) is -0.400. The average Bonchev–Trinajstić information content (AvgIpc) is 3.13. The Hall–Kier alpha value is -1.84. The monoisotopic (exact) mass is 755 g/mol. The number of allylic oxidation sites excluding steroid dienone is 10. The Morgan fingerprint density at radius 3 is 1.65 bits per heavy atom. The highest BCUT2D eigenvalue weighted by Gasteiger charge is 2.26. The molecule has 0 rings (SSSR count). The van der Waals surface area contributed by atoms with Gasteiger partial charge in [0.2, 0.25) is 0 Å². The topological polar surface area (TPSA) is 132 Å². The van der Waals surface area contributed by atoms with Crippen LogP contribution < -0.4 is 0 Å². The largest absolute Gasteiger partial charge is 0.472 e. The molecular formula is C42H75O9P. The van der Waals surface area contributed by atoms with Gasteiger partial charge in [0.1, 0.15) is 12.2 Å². The molecular weight excluding hydrogens is 679 g/mol. The third-order valence-corrected chi connectivity index (χ3v) is 9.12. The van der Waals surface area contributed by atoms with Crippen molar-refractivity contribution in [3.05, 3.63) is 60.8 Å². The molecule has 0 fully saturated rings. The predicted molar refractivity (Wildman–Crippen MR) is 214 cm³/mol. The molecule has 0 spiro atoms. The van der Waals surface area contributed by atoms with Crippen molar-refractivity contribution in [3.8, 4) is 0 Å². The second-order valence-corrected chi connectivity index (χ2v) is 14.7. The molecule has 0 heterocycles. The van der Waals surface area contributed by atoms with Crippen LogP contribution in [0.2, 0.25) is 0 Å².